The summed E-state index contributed by atoms with van der Waals surface area (Å²) in [5.41, 5.74) is 10.6. The third kappa shape index (κ3) is 2.03. The normalized spacial score (nSPS) is 11.2. The minimum Gasteiger partial charge on any atom is -0.398 e. The molecule has 4 heteroatoms. The van der Waals surface area contributed by atoms with E-state index in [-0.39, 0.29) is 5.82 Å². The molecule has 102 valence electrons. The van der Waals surface area contributed by atoms with Gasteiger partial charge in [-0.1, -0.05) is 0 Å². The Bertz CT molecular complexity index is 790. The average molecular weight is 269 g/mol. The molecule has 0 amide bonds. The first-order valence-electron chi connectivity index (χ1n) is 6.51. The van der Waals surface area contributed by atoms with Gasteiger partial charge in [0.15, 0.2) is 0 Å². The van der Waals surface area contributed by atoms with Crippen LogP contribution < -0.4 is 5.73 Å². The summed E-state index contributed by atoms with van der Waals surface area (Å²) >= 11 is 0. The lowest BCUT2D eigenvalue weighted by atomic mass is 10.1. The summed E-state index contributed by atoms with van der Waals surface area (Å²) in [5, 5.41) is 1.02. The van der Waals surface area contributed by atoms with Gasteiger partial charge in [0.25, 0.3) is 0 Å². The minimum absolute atomic E-state index is 0.231. The first-order valence-corrected chi connectivity index (χ1v) is 6.51. The smallest absolute Gasteiger partial charge is 0.125 e. The number of nitrogen functional groups attached to an aromatic ring is 1. The van der Waals surface area contributed by atoms with Crippen LogP contribution in [0.2, 0.25) is 0 Å². The van der Waals surface area contributed by atoms with E-state index in [1.54, 1.807) is 18.3 Å². The Morgan fingerprint density at radius 3 is 2.85 bits per heavy atom. The van der Waals surface area contributed by atoms with Crippen LogP contribution in [0.3, 0.4) is 0 Å². The molecule has 0 fully saturated rings. The maximum Gasteiger partial charge on any atom is 0.125 e. The highest BCUT2D eigenvalue weighted by Gasteiger charge is 2.09. The standard InChI is InChI=1S/C16H16FN3/c1-10-8-19-14(11(2)16(10)18)9-20-6-5-12-3-4-13(17)7-15(12)20/h3-8H,9H2,1-2H3,(H2,18,19). The number of hydrogen-bond acceptors (Lipinski definition) is 2. The van der Waals surface area contributed by atoms with Crippen LogP contribution in [0.25, 0.3) is 10.9 Å². The Morgan fingerprint density at radius 1 is 1.25 bits per heavy atom. The lowest BCUT2D eigenvalue weighted by molar-refractivity contribution is 0.628. The highest BCUT2D eigenvalue weighted by atomic mass is 19.1. The lowest BCUT2D eigenvalue weighted by Crippen LogP contribution is -2.06. The van der Waals surface area contributed by atoms with Crippen LogP contribution in [-0.2, 0) is 6.54 Å². The van der Waals surface area contributed by atoms with Crippen molar-refractivity contribution in [3.63, 3.8) is 0 Å². The molecule has 0 radical (unpaired) electrons. The van der Waals surface area contributed by atoms with Gasteiger partial charge in [0.1, 0.15) is 5.82 Å². The van der Waals surface area contributed by atoms with Gasteiger partial charge in [-0.25, -0.2) is 4.39 Å². The summed E-state index contributed by atoms with van der Waals surface area (Å²) in [5.74, 6) is -0.231. The van der Waals surface area contributed by atoms with Crippen molar-refractivity contribution in [2.75, 3.05) is 5.73 Å². The summed E-state index contributed by atoms with van der Waals surface area (Å²) < 4.78 is 15.4. The third-order valence-corrected chi connectivity index (χ3v) is 3.73. The van der Waals surface area contributed by atoms with E-state index < -0.39 is 0 Å². The number of nitrogens with zero attached hydrogens (tertiary/aromatic N) is 2. The second-order valence-electron chi connectivity index (χ2n) is 5.07. The van der Waals surface area contributed by atoms with Gasteiger partial charge in [-0.05, 0) is 54.6 Å². The van der Waals surface area contributed by atoms with Crippen LogP contribution in [0.5, 0.6) is 0 Å². The Morgan fingerprint density at radius 2 is 2.05 bits per heavy atom. The van der Waals surface area contributed by atoms with Crippen molar-refractivity contribution in [3.05, 3.63) is 59.3 Å². The van der Waals surface area contributed by atoms with Gasteiger partial charge in [-0.2, -0.15) is 0 Å². The van der Waals surface area contributed by atoms with Crippen LogP contribution in [0, 0.1) is 19.7 Å². The predicted molar refractivity (Wildman–Crippen MR) is 79.1 cm³/mol. The summed E-state index contributed by atoms with van der Waals surface area (Å²) in [7, 11) is 0. The molecule has 0 bridgehead atoms. The molecule has 20 heavy (non-hydrogen) atoms. The van der Waals surface area contributed by atoms with Crippen molar-refractivity contribution in [2.45, 2.75) is 20.4 Å². The third-order valence-electron chi connectivity index (χ3n) is 3.73. The summed E-state index contributed by atoms with van der Waals surface area (Å²) in [6.07, 6.45) is 3.73. The Labute approximate surface area is 116 Å². The van der Waals surface area contributed by atoms with Crippen LogP contribution >= 0.6 is 0 Å². The van der Waals surface area contributed by atoms with Crippen LogP contribution in [0.1, 0.15) is 16.8 Å². The molecule has 3 rings (SSSR count). The number of hydrogen-bond donors (Lipinski definition) is 1. The van der Waals surface area contributed by atoms with E-state index in [0.29, 0.717) is 6.54 Å². The van der Waals surface area contributed by atoms with Gasteiger partial charge >= 0.3 is 0 Å². The molecule has 3 aromatic rings. The van der Waals surface area contributed by atoms with Crippen LogP contribution in [0.15, 0.2) is 36.7 Å². The monoisotopic (exact) mass is 269 g/mol. The number of nitrogens with two attached hydrogens (primary N) is 1. The zero-order valence-corrected chi connectivity index (χ0v) is 11.5. The summed E-state index contributed by atoms with van der Waals surface area (Å²) in [6, 6.07) is 6.77. The zero-order chi connectivity index (χ0) is 14.3. The van der Waals surface area contributed by atoms with Crippen molar-refractivity contribution in [1.82, 2.24) is 9.55 Å². The number of aromatic nitrogens is 2. The minimum atomic E-state index is -0.231. The fourth-order valence-corrected chi connectivity index (χ4v) is 2.41. The lowest BCUT2D eigenvalue weighted by Gasteiger charge is -2.11. The Kier molecular flexibility index (Phi) is 2.93. The van der Waals surface area contributed by atoms with Gasteiger partial charge in [0.05, 0.1) is 17.8 Å². The highest BCUT2D eigenvalue weighted by molar-refractivity contribution is 5.80. The fourth-order valence-electron chi connectivity index (χ4n) is 2.41. The van der Waals surface area contributed by atoms with Gasteiger partial charge in [-0.3, -0.25) is 4.98 Å². The molecule has 0 aliphatic carbocycles. The van der Waals surface area contributed by atoms with E-state index in [1.807, 2.05) is 30.7 Å². The topological polar surface area (TPSA) is 43.8 Å². The van der Waals surface area contributed by atoms with Gasteiger partial charge < -0.3 is 10.3 Å². The molecule has 2 heterocycles. The van der Waals surface area contributed by atoms with Crippen LogP contribution in [0.4, 0.5) is 10.1 Å². The first kappa shape index (κ1) is 12.7. The number of halogens is 1. The molecule has 0 aliphatic heterocycles. The number of fused-ring (bicyclic) bond motifs is 1. The van der Waals surface area contributed by atoms with Crippen LogP contribution in [-0.4, -0.2) is 9.55 Å². The van der Waals surface area contributed by atoms with E-state index in [9.17, 15) is 4.39 Å². The molecule has 0 saturated heterocycles. The highest BCUT2D eigenvalue weighted by Crippen LogP contribution is 2.22. The number of rotatable bonds is 2. The van der Waals surface area contributed by atoms with E-state index in [0.717, 1.165) is 33.4 Å². The van der Waals surface area contributed by atoms with Gasteiger partial charge in [0.2, 0.25) is 0 Å². The number of aryl methyl sites for hydroxylation is 1. The molecule has 2 N–H and O–H groups in total. The summed E-state index contributed by atoms with van der Waals surface area (Å²) in [4.78, 5) is 4.45. The number of pyridine rings is 1. The fraction of sp³-hybridized carbons (Fsp3) is 0.188. The molecule has 0 saturated carbocycles. The molecular weight excluding hydrogens is 253 g/mol. The number of benzene rings is 1. The molecular formula is C16H16FN3. The van der Waals surface area contributed by atoms with Crippen molar-refractivity contribution in [2.24, 2.45) is 0 Å². The molecule has 0 aliphatic rings. The van der Waals surface area contributed by atoms with Gasteiger partial charge in [-0.15, -0.1) is 0 Å². The van der Waals surface area contributed by atoms with Crippen molar-refractivity contribution >= 4 is 16.6 Å². The quantitative estimate of drug-likeness (QED) is 0.774. The average Bonchev–Trinajstić information content (AvgIpc) is 2.82. The molecule has 3 nitrogen and oxygen atoms in total. The molecule has 0 atom stereocenters. The maximum absolute atomic E-state index is 13.4. The second-order valence-corrected chi connectivity index (χ2v) is 5.07. The molecule has 1 aromatic carbocycles. The van der Waals surface area contributed by atoms with Gasteiger partial charge in [0, 0.05) is 18.1 Å². The Balaban J connectivity index is 2.06. The van der Waals surface area contributed by atoms with E-state index in [1.165, 1.54) is 6.07 Å². The van der Waals surface area contributed by atoms with E-state index in [4.69, 9.17) is 5.73 Å². The maximum atomic E-state index is 13.4. The first-order chi connectivity index (χ1) is 9.56. The molecule has 0 unspecified atom stereocenters. The zero-order valence-electron chi connectivity index (χ0n) is 11.5. The van der Waals surface area contributed by atoms with Crippen molar-refractivity contribution < 1.29 is 4.39 Å². The molecule has 0 spiro atoms. The Hall–Kier alpha value is -2.36. The largest absolute Gasteiger partial charge is 0.398 e. The van der Waals surface area contributed by atoms with E-state index in [2.05, 4.69) is 4.98 Å². The number of anilines is 1. The summed E-state index contributed by atoms with van der Waals surface area (Å²) in [6.45, 7) is 4.50. The predicted octanol–water partition coefficient (Wildman–Crippen LogP) is 3.42. The SMILES string of the molecule is Cc1cnc(Cn2ccc3ccc(F)cc32)c(C)c1N. The van der Waals surface area contributed by atoms with Crippen molar-refractivity contribution in [1.29, 1.82) is 0 Å². The van der Waals surface area contributed by atoms with E-state index >= 15 is 0 Å². The molecule has 2 aromatic heterocycles. The van der Waals surface area contributed by atoms with Crippen molar-refractivity contribution in [3.8, 4) is 0 Å². The second kappa shape index (κ2) is 4.63.